The molecule has 2 unspecified atom stereocenters. The molecule has 5 nitrogen and oxygen atoms in total. The zero-order valence-corrected chi connectivity index (χ0v) is 17.0. The van der Waals surface area contributed by atoms with Gasteiger partial charge >= 0.3 is 5.63 Å². The van der Waals surface area contributed by atoms with E-state index < -0.39 is 17.0 Å². The zero-order valence-electron chi connectivity index (χ0n) is 14.7. The van der Waals surface area contributed by atoms with Crippen molar-refractivity contribution < 1.29 is 9.21 Å². The van der Waals surface area contributed by atoms with E-state index in [0.717, 1.165) is 10.9 Å². The molecule has 0 saturated carbocycles. The third kappa shape index (κ3) is 2.95. The molecule has 1 saturated heterocycles. The van der Waals surface area contributed by atoms with E-state index in [1.165, 1.54) is 16.2 Å². The number of hydrogen-bond acceptors (Lipinski definition) is 5. The minimum atomic E-state index is -0.715. The van der Waals surface area contributed by atoms with Gasteiger partial charge < -0.3 is 4.42 Å². The molecule has 2 aromatic heterocycles. The lowest BCUT2D eigenvalue weighted by atomic mass is 9.94. The summed E-state index contributed by atoms with van der Waals surface area (Å²) < 4.78 is 5.39. The van der Waals surface area contributed by atoms with Gasteiger partial charge in [-0.3, -0.25) is 9.69 Å². The Labute approximate surface area is 179 Å². The van der Waals surface area contributed by atoms with Gasteiger partial charge in [0.05, 0.1) is 17.3 Å². The maximum Gasteiger partial charge on any atom is 0.345 e. The number of hydrogen-bond donors (Lipinski definition) is 0. The molecule has 1 aliphatic heterocycles. The second-order valence-electron chi connectivity index (χ2n) is 6.58. The summed E-state index contributed by atoms with van der Waals surface area (Å²) in [7, 11) is 0. The van der Waals surface area contributed by atoms with Crippen molar-refractivity contribution in [1.29, 1.82) is 0 Å². The highest BCUT2D eigenvalue weighted by Gasteiger charge is 2.49. The molecule has 1 fully saturated rings. The first-order chi connectivity index (χ1) is 14.0. The molecule has 3 heterocycles. The van der Waals surface area contributed by atoms with E-state index in [1.54, 1.807) is 29.6 Å². The molecule has 0 N–H and O–H groups in total. The van der Waals surface area contributed by atoms with Crippen molar-refractivity contribution in [3.05, 3.63) is 81.0 Å². The Hall–Kier alpha value is -2.67. The molecule has 144 valence electrons. The van der Waals surface area contributed by atoms with Gasteiger partial charge in [-0.2, -0.15) is 0 Å². The van der Waals surface area contributed by atoms with Crippen LogP contribution >= 0.6 is 34.5 Å². The number of benzene rings is 2. The number of fused-ring (bicyclic) bond motifs is 1. The number of para-hydroxylation sites is 1. The second-order valence-corrected chi connectivity index (χ2v) is 8.29. The second kappa shape index (κ2) is 6.99. The van der Waals surface area contributed by atoms with E-state index in [1.807, 2.05) is 30.3 Å². The number of amides is 1. The number of aromatic nitrogens is 1. The van der Waals surface area contributed by atoms with Crippen LogP contribution in [0.25, 0.3) is 22.2 Å². The maximum atomic E-state index is 12.5. The van der Waals surface area contributed by atoms with Crippen molar-refractivity contribution in [2.45, 2.75) is 11.4 Å². The van der Waals surface area contributed by atoms with Crippen LogP contribution in [0.4, 0.5) is 5.13 Å². The summed E-state index contributed by atoms with van der Waals surface area (Å²) in [6.45, 7) is 0. The van der Waals surface area contributed by atoms with E-state index >= 15 is 0 Å². The fourth-order valence-electron chi connectivity index (χ4n) is 3.42. The van der Waals surface area contributed by atoms with Gasteiger partial charge in [-0.15, -0.1) is 22.9 Å². The van der Waals surface area contributed by atoms with Gasteiger partial charge in [0.1, 0.15) is 11.0 Å². The summed E-state index contributed by atoms with van der Waals surface area (Å²) in [6, 6.07) is 15.9. The number of carbonyl (C=O) groups excluding carboxylic acids is 1. The van der Waals surface area contributed by atoms with Gasteiger partial charge in [0.2, 0.25) is 5.91 Å². The van der Waals surface area contributed by atoms with Crippen LogP contribution in [0.2, 0.25) is 5.02 Å². The van der Waals surface area contributed by atoms with Crippen molar-refractivity contribution in [2.75, 3.05) is 4.90 Å². The number of nitrogens with zero attached hydrogens (tertiary/aromatic N) is 2. The molecular formula is C21H12Cl2N2O3S. The molecule has 0 aliphatic carbocycles. The van der Waals surface area contributed by atoms with Crippen molar-refractivity contribution in [2.24, 2.45) is 0 Å². The predicted molar refractivity (Wildman–Crippen MR) is 115 cm³/mol. The lowest BCUT2D eigenvalue weighted by Crippen LogP contribution is -2.56. The third-order valence-electron chi connectivity index (χ3n) is 4.87. The molecule has 29 heavy (non-hydrogen) atoms. The van der Waals surface area contributed by atoms with Gasteiger partial charge in [-0.25, -0.2) is 9.78 Å². The van der Waals surface area contributed by atoms with Crippen molar-refractivity contribution in [3.8, 4) is 11.3 Å². The average Bonchev–Trinajstić information content (AvgIpc) is 3.20. The predicted octanol–water partition coefficient (Wildman–Crippen LogP) is 5.27. The molecular weight excluding hydrogens is 431 g/mol. The quantitative estimate of drug-likeness (QED) is 0.246. The number of carbonyl (C=O) groups is 1. The molecule has 0 bridgehead atoms. The Morgan fingerprint density at radius 3 is 2.66 bits per heavy atom. The summed E-state index contributed by atoms with van der Waals surface area (Å²) in [4.78, 5) is 30.9. The standard InChI is InChI=1S/C21H12Cl2N2O3S/c22-14-7-3-2-6-12(14)18-17(23)19(26)25(18)21-24-15(10-29-21)13-9-11-5-1-4-8-16(11)28-20(13)27/h1-10,17-18H. The maximum absolute atomic E-state index is 12.5. The highest BCUT2D eigenvalue weighted by atomic mass is 35.5. The first-order valence-corrected chi connectivity index (χ1v) is 10.4. The fraction of sp³-hybridized carbons (Fsp3) is 0.0952. The molecule has 1 aliphatic rings. The van der Waals surface area contributed by atoms with E-state index in [4.69, 9.17) is 27.6 Å². The number of thiazole rings is 1. The van der Waals surface area contributed by atoms with Crippen molar-refractivity contribution >= 4 is 56.5 Å². The lowest BCUT2D eigenvalue weighted by molar-refractivity contribution is -0.123. The summed E-state index contributed by atoms with van der Waals surface area (Å²) >= 11 is 13.9. The normalized spacial score (nSPS) is 18.8. The van der Waals surface area contributed by atoms with E-state index in [-0.39, 0.29) is 5.91 Å². The van der Waals surface area contributed by atoms with Crippen LogP contribution in [0, 0.1) is 0 Å². The molecule has 2 atom stereocenters. The van der Waals surface area contributed by atoms with Crippen molar-refractivity contribution in [3.63, 3.8) is 0 Å². The Morgan fingerprint density at radius 1 is 1.07 bits per heavy atom. The summed E-state index contributed by atoms with van der Waals surface area (Å²) in [5.41, 5.74) is 1.59. The molecule has 1 amide bonds. The first-order valence-electron chi connectivity index (χ1n) is 8.75. The Balaban J connectivity index is 1.55. The summed E-state index contributed by atoms with van der Waals surface area (Å²) in [5, 5.41) is 2.81. The third-order valence-corrected chi connectivity index (χ3v) is 6.48. The van der Waals surface area contributed by atoms with Crippen LogP contribution in [-0.4, -0.2) is 16.3 Å². The lowest BCUT2D eigenvalue weighted by Gasteiger charge is -2.43. The topological polar surface area (TPSA) is 63.4 Å². The van der Waals surface area contributed by atoms with Gasteiger partial charge in [0.25, 0.3) is 0 Å². The largest absolute Gasteiger partial charge is 0.422 e. The number of halogens is 2. The molecule has 5 rings (SSSR count). The fourth-order valence-corrected chi connectivity index (χ4v) is 4.88. The number of β-lactam (4-membered cyclic amide) rings is 1. The van der Waals surface area contributed by atoms with Crippen LogP contribution < -0.4 is 10.5 Å². The van der Waals surface area contributed by atoms with E-state index in [0.29, 0.717) is 27.0 Å². The van der Waals surface area contributed by atoms with Crippen LogP contribution in [0.3, 0.4) is 0 Å². The average molecular weight is 443 g/mol. The van der Waals surface area contributed by atoms with Crippen molar-refractivity contribution in [1.82, 2.24) is 4.98 Å². The van der Waals surface area contributed by atoms with Crippen LogP contribution in [-0.2, 0) is 4.79 Å². The van der Waals surface area contributed by atoms with Crippen LogP contribution in [0.15, 0.2) is 69.2 Å². The molecule has 4 aromatic rings. The zero-order chi connectivity index (χ0) is 20.1. The summed E-state index contributed by atoms with van der Waals surface area (Å²) in [5.74, 6) is -0.247. The highest BCUT2D eigenvalue weighted by Crippen LogP contribution is 2.45. The van der Waals surface area contributed by atoms with Gasteiger partial charge in [0.15, 0.2) is 5.13 Å². The Bertz CT molecular complexity index is 1320. The first kappa shape index (κ1) is 18.4. The molecule has 0 radical (unpaired) electrons. The minimum absolute atomic E-state index is 0.247. The monoisotopic (exact) mass is 442 g/mol. The molecule has 0 spiro atoms. The Kier molecular flexibility index (Phi) is 4.42. The van der Waals surface area contributed by atoms with Gasteiger partial charge in [0, 0.05) is 15.8 Å². The molecule has 8 heteroatoms. The van der Waals surface area contributed by atoms with Gasteiger partial charge in [-0.1, -0.05) is 48.0 Å². The van der Waals surface area contributed by atoms with E-state index in [9.17, 15) is 9.59 Å². The SMILES string of the molecule is O=C1C(Cl)C(c2ccccc2Cl)N1c1nc(-c2cc3ccccc3oc2=O)cs1. The highest BCUT2D eigenvalue weighted by molar-refractivity contribution is 7.14. The van der Waals surface area contributed by atoms with Crippen LogP contribution in [0.1, 0.15) is 11.6 Å². The van der Waals surface area contributed by atoms with E-state index in [2.05, 4.69) is 4.98 Å². The number of alkyl halides is 1. The Morgan fingerprint density at radius 2 is 1.83 bits per heavy atom. The molecule has 2 aromatic carbocycles. The van der Waals surface area contributed by atoms with Gasteiger partial charge in [-0.05, 0) is 23.8 Å². The number of rotatable bonds is 3. The number of anilines is 1. The summed E-state index contributed by atoms with van der Waals surface area (Å²) in [6.07, 6.45) is 0. The smallest absolute Gasteiger partial charge is 0.345 e. The minimum Gasteiger partial charge on any atom is -0.422 e. The van der Waals surface area contributed by atoms with Crippen LogP contribution in [0.5, 0.6) is 0 Å².